The molecule has 9 heteroatoms. The number of fused-ring (bicyclic) bond motifs is 1. The van der Waals surface area contributed by atoms with E-state index in [1.807, 2.05) is 0 Å². The van der Waals surface area contributed by atoms with Gasteiger partial charge in [0.05, 0.1) is 23.8 Å². The standard InChI is InChI=1S/C24H22N2O6S/c1-4-32-23(30)20-13(2)26-22(29)19(11-14-5-8-16(27)9-6-14)33-24(26)25-21(20)15-7-10-17(28)18(12-15)31-3/h5-12,21,27-28H,4H2,1-3H3/b19-11+/t21-/m0/s1. The molecule has 0 fully saturated rings. The van der Waals surface area contributed by atoms with Crippen molar-refractivity contribution in [2.75, 3.05) is 13.7 Å². The van der Waals surface area contributed by atoms with Crippen LogP contribution in [0.2, 0.25) is 0 Å². The van der Waals surface area contributed by atoms with Crippen molar-refractivity contribution in [1.82, 2.24) is 4.57 Å². The summed E-state index contributed by atoms with van der Waals surface area (Å²) in [5, 5.41) is 19.5. The summed E-state index contributed by atoms with van der Waals surface area (Å²) in [6.45, 7) is 3.57. The van der Waals surface area contributed by atoms with Gasteiger partial charge in [-0.15, -0.1) is 0 Å². The highest BCUT2D eigenvalue weighted by Gasteiger charge is 2.31. The maximum absolute atomic E-state index is 13.2. The number of aromatic nitrogens is 1. The van der Waals surface area contributed by atoms with Gasteiger partial charge < -0.3 is 19.7 Å². The molecule has 1 aliphatic heterocycles. The van der Waals surface area contributed by atoms with Gasteiger partial charge in [-0.2, -0.15) is 0 Å². The minimum Gasteiger partial charge on any atom is -0.508 e. The first-order chi connectivity index (χ1) is 15.8. The topological polar surface area (TPSA) is 110 Å². The van der Waals surface area contributed by atoms with Gasteiger partial charge in [0.1, 0.15) is 11.8 Å². The molecule has 0 saturated heterocycles. The molecule has 0 saturated carbocycles. The van der Waals surface area contributed by atoms with E-state index < -0.39 is 12.0 Å². The minimum atomic E-state index is -0.738. The van der Waals surface area contributed by atoms with Crippen molar-refractivity contribution in [3.8, 4) is 17.2 Å². The van der Waals surface area contributed by atoms with Gasteiger partial charge in [0.15, 0.2) is 16.3 Å². The molecule has 8 nitrogen and oxygen atoms in total. The SMILES string of the molecule is CCOC(=O)C1=C(C)n2c(s/c(=C/c3ccc(O)cc3)c2=O)=N[C@H]1c1ccc(O)c(OC)c1. The number of esters is 1. The Labute approximate surface area is 193 Å². The van der Waals surface area contributed by atoms with Crippen molar-refractivity contribution >= 4 is 29.1 Å². The average Bonchev–Trinajstić information content (AvgIpc) is 3.11. The number of benzene rings is 2. The van der Waals surface area contributed by atoms with Gasteiger partial charge in [-0.3, -0.25) is 9.36 Å². The fourth-order valence-electron chi connectivity index (χ4n) is 3.64. The second kappa shape index (κ2) is 8.95. The first-order valence-electron chi connectivity index (χ1n) is 10.2. The van der Waals surface area contributed by atoms with Crippen LogP contribution in [0.1, 0.15) is 31.0 Å². The third kappa shape index (κ3) is 4.14. The third-order valence-corrected chi connectivity index (χ3v) is 6.23. The second-order valence-corrected chi connectivity index (χ2v) is 8.32. The zero-order valence-electron chi connectivity index (χ0n) is 18.2. The number of thiazole rings is 1. The van der Waals surface area contributed by atoms with Gasteiger partial charge in [0, 0.05) is 5.70 Å². The molecule has 0 bridgehead atoms. The van der Waals surface area contributed by atoms with Gasteiger partial charge in [-0.05, 0) is 55.3 Å². The van der Waals surface area contributed by atoms with Crippen LogP contribution < -0.4 is 19.6 Å². The predicted molar refractivity (Wildman–Crippen MR) is 124 cm³/mol. The molecule has 170 valence electrons. The Morgan fingerprint density at radius 1 is 1.21 bits per heavy atom. The van der Waals surface area contributed by atoms with E-state index in [-0.39, 0.29) is 35.0 Å². The van der Waals surface area contributed by atoms with Crippen LogP contribution in [0.3, 0.4) is 0 Å². The van der Waals surface area contributed by atoms with Crippen LogP contribution in [0.5, 0.6) is 17.2 Å². The molecule has 2 heterocycles. The van der Waals surface area contributed by atoms with Crippen molar-refractivity contribution in [2.45, 2.75) is 19.9 Å². The molecule has 0 spiro atoms. The van der Waals surface area contributed by atoms with E-state index in [1.165, 1.54) is 29.1 Å². The number of aromatic hydroxyl groups is 2. The molecule has 3 aromatic rings. The Hall–Kier alpha value is -3.85. The first-order valence-corrected chi connectivity index (χ1v) is 11.0. The van der Waals surface area contributed by atoms with Gasteiger partial charge in [0.25, 0.3) is 5.56 Å². The Bertz CT molecular complexity index is 1430. The molecule has 33 heavy (non-hydrogen) atoms. The maximum atomic E-state index is 13.2. The summed E-state index contributed by atoms with van der Waals surface area (Å²) in [7, 11) is 1.44. The second-order valence-electron chi connectivity index (χ2n) is 7.31. The quantitative estimate of drug-likeness (QED) is 0.559. The smallest absolute Gasteiger partial charge is 0.338 e. The molecule has 1 aliphatic rings. The number of phenolic OH excluding ortho intramolecular Hbond substituents is 2. The summed E-state index contributed by atoms with van der Waals surface area (Å²) in [6.07, 6.45) is 1.71. The van der Waals surface area contributed by atoms with Crippen LogP contribution in [-0.4, -0.2) is 34.5 Å². The van der Waals surface area contributed by atoms with Gasteiger partial charge in [-0.25, -0.2) is 9.79 Å². The highest BCUT2D eigenvalue weighted by molar-refractivity contribution is 7.07. The van der Waals surface area contributed by atoms with E-state index in [2.05, 4.69) is 0 Å². The first kappa shape index (κ1) is 22.3. The summed E-state index contributed by atoms with van der Waals surface area (Å²) in [6, 6.07) is 10.5. The van der Waals surface area contributed by atoms with E-state index in [1.54, 1.807) is 56.3 Å². The lowest BCUT2D eigenvalue weighted by Gasteiger charge is -2.22. The van der Waals surface area contributed by atoms with Crippen molar-refractivity contribution in [2.24, 2.45) is 4.99 Å². The van der Waals surface area contributed by atoms with E-state index >= 15 is 0 Å². The lowest BCUT2D eigenvalue weighted by atomic mass is 9.96. The number of rotatable bonds is 5. The van der Waals surface area contributed by atoms with E-state index in [0.717, 1.165) is 5.56 Å². The van der Waals surface area contributed by atoms with Crippen LogP contribution in [0.4, 0.5) is 0 Å². The van der Waals surface area contributed by atoms with Crippen LogP contribution >= 0.6 is 11.3 Å². The predicted octanol–water partition coefficient (Wildman–Crippen LogP) is 2.33. The molecule has 0 radical (unpaired) electrons. The summed E-state index contributed by atoms with van der Waals surface area (Å²) in [5.41, 5.74) is 1.74. The molecule has 0 amide bonds. The number of carbonyl (C=O) groups excluding carboxylic acids is 1. The third-order valence-electron chi connectivity index (χ3n) is 5.25. The van der Waals surface area contributed by atoms with Crippen molar-refractivity contribution in [3.63, 3.8) is 0 Å². The van der Waals surface area contributed by atoms with Crippen LogP contribution in [0.15, 0.2) is 57.8 Å². The highest BCUT2D eigenvalue weighted by atomic mass is 32.1. The number of allylic oxidation sites excluding steroid dienone is 1. The Morgan fingerprint density at radius 3 is 2.61 bits per heavy atom. The Morgan fingerprint density at radius 2 is 1.94 bits per heavy atom. The van der Waals surface area contributed by atoms with Gasteiger partial charge in [0.2, 0.25) is 0 Å². The summed E-state index contributed by atoms with van der Waals surface area (Å²) in [4.78, 5) is 31.3. The number of nitrogens with zero attached hydrogens (tertiary/aromatic N) is 2. The number of methoxy groups -OCH3 is 1. The summed E-state index contributed by atoms with van der Waals surface area (Å²) < 4.78 is 12.3. The van der Waals surface area contributed by atoms with E-state index in [4.69, 9.17) is 14.5 Å². The summed E-state index contributed by atoms with van der Waals surface area (Å²) in [5.74, 6) is -0.216. The van der Waals surface area contributed by atoms with Crippen molar-refractivity contribution in [1.29, 1.82) is 0 Å². The maximum Gasteiger partial charge on any atom is 0.338 e. The molecule has 1 atom stereocenters. The molecule has 2 aromatic carbocycles. The number of phenols is 2. The summed E-state index contributed by atoms with van der Waals surface area (Å²) >= 11 is 1.20. The molecule has 4 rings (SSSR count). The van der Waals surface area contributed by atoms with Gasteiger partial charge in [-0.1, -0.05) is 29.5 Å². The Kier molecular flexibility index (Phi) is 6.06. The van der Waals surface area contributed by atoms with Gasteiger partial charge >= 0.3 is 5.97 Å². The zero-order valence-corrected chi connectivity index (χ0v) is 19.0. The molecule has 1 aromatic heterocycles. The lowest BCUT2D eigenvalue weighted by Crippen LogP contribution is -2.35. The number of hydrogen-bond acceptors (Lipinski definition) is 8. The number of carbonyl (C=O) groups is 1. The normalized spacial score (nSPS) is 15.7. The Balaban J connectivity index is 1.94. The molecule has 2 N–H and O–H groups in total. The molecule has 0 unspecified atom stereocenters. The highest BCUT2D eigenvalue weighted by Crippen LogP contribution is 2.36. The monoisotopic (exact) mass is 466 g/mol. The number of ether oxygens (including phenoxy) is 2. The van der Waals surface area contributed by atoms with Crippen molar-refractivity contribution in [3.05, 3.63) is 78.9 Å². The van der Waals surface area contributed by atoms with Crippen LogP contribution in [0.25, 0.3) is 11.8 Å². The van der Waals surface area contributed by atoms with Crippen molar-refractivity contribution < 1.29 is 24.5 Å². The largest absolute Gasteiger partial charge is 0.508 e. The average molecular weight is 467 g/mol. The van der Waals surface area contributed by atoms with Crippen LogP contribution in [-0.2, 0) is 9.53 Å². The van der Waals surface area contributed by atoms with Crippen LogP contribution in [0, 0.1) is 0 Å². The minimum absolute atomic E-state index is 0.0331. The fourth-order valence-corrected chi connectivity index (χ4v) is 4.68. The zero-order chi connectivity index (χ0) is 23.7. The molecular formula is C24H22N2O6S. The van der Waals surface area contributed by atoms with E-state index in [9.17, 15) is 19.8 Å². The number of hydrogen-bond donors (Lipinski definition) is 2. The molecule has 0 aliphatic carbocycles. The van der Waals surface area contributed by atoms with E-state index in [0.29, 0.717) is 20.6 Å². The fraction of sp³-hybridized carbons (Fsp3) is 0.208. The lowest BCUT2D eigenvalue weighted by molar-refractivity contribution is -0.138. The molecular weight excluding hydrogens is 444 g/mol.